The molecule has 1 aromatic heterocycles. The topological polar surface area (TPSA) is 24.9 Å². The highest BCUT2D eigenvalue weighted by Gasteiger charge is 2.15. The Morgan fingerprint density at radius 2 is 2.10 bits per heavy atom. The molecule has 2 heterocycles. The average molecular weight is 329 g/mol. The number of hydrogen-bond acceptors (Lipinski definition) is 3. The molecular weight excluding hydrogens is 311 g/mol. The van der Waals surface area contributed by atoms with Gasteiger partial charge in [-0.25, -0.2) is 0 Å². The van der Waals surface area contributed by atoms with Crippen LogP contribution in [0.3, 0.4) is 0 Å². The summed E-state index contributed by atoms with van der Waals surface area (Å²) < 4.78 is 0. The Kier molecular flexibility index (Phi) is 5.97. The maximum Gasteiger partial charge on any atom is 0.0548 e. The molecule has 0 radical (unpaired) electrons. The molecular formula is C15H18Cl2N2S. The van der Waals surface area contributed by atoms with E-state index in [1.165, 1.54) is 29.5 Å². The molecule has 1 fully saturated rings. The Bertz CT molecular complexity index is 569. The minimum absolute atomic E-state index is 0. The third kappa shape index (κ3) is 3.79. The number of nitrogens with zero attached hydrogens (tertiary/aromatic N) is 1. The number of benzene rings is 1. The van der Waals surface area contributed by atoms with Crippen LogP contribution >= 0.6 is 35.8 Å². The van der Waals surface area contributed by atoms with Crippen LogP contribution < -0.4 is 5.32 Å². The van der Waals surface area contributed by atoms with E-state index in [-0.39, 0.29) is 12.4 Å². The molecule has 1 aliphatic rings. The van der Waals surface area contributed by atoms with Crippen LogP contribution in [0.5, 0.6) is 0 Å². The quantitative estimate of drug-likeness (QED) is 0.875. The second-order valence-corrected chi connectivity index (χ2v) is 6.68. The highest BCUT2D eigenvalue weighted by atomic mass is 35.5. The molecule has 1 aromatic carbocycles. The van der Waals surface area contributed by atoms with Gasteiger partial charge in [0.15, 0.2) is 0 Å². The molecule has 2 aromatic rings. The average Bonchev–Trinajstić information content (AvgIpc) is 2.68. The molecule has 3 rings (SSSR count). The summed E-state index contributed by atoms with van der Waals surface area (Å²) in [7, 11) is 0. The third-order valence-corrected chi connectivity index (χ3v) is 5.33. The van der Waals surface area contributed by atoms with Gasteiger partial charge < -0.3 is 5.32 Å². The van der Waals surface area contributed by atoms with Crippen LogP contribution in [0.1, 0.15) is 19.3 Å². The molecule has 20 heavy (non-hydrogen) atoms. The highest BCUT2D eigenvalue weighted by molar-refractivity contribution is 8.00. The van der Waals surface area contributed by atoms with E-state index in [9.17, 15) is 0 Å². The molecule has 108 valence electrons. The predicted octanol–water partition coefficient (Wildman–Crippen LogP) is 4.54. The van der Waals surface area contributed by atoms with Crippen molar-refractivity contribution in [2.45, 2.75) is 29.4 Å². The van der Waals surface area contributed by atoms with Crippen molar-refractivity contribution in [3.63, 3.8) is 0 Å². The summed E-state index contributed by atoms with van der Waals surface area (Å²) in [5.74, 6) is 0. The zero-order valence-electron chi connectivity index (χ0n) is 11.1. The lowest BCUT2D eigenvalue weighted by atomic mass is 10.2. The maximum absolute atomic E-state index is 6.40. The molecule has 5 heteroatoms. The van der Waals surface area contributed by atoms with Gasteiger partial charge in [-0.15, -0.1) is 24.2 Å². The van der Waals surface area contributed by atoms with Crippen molar-refractivity contribution in [1.29, 1.82) is 0 Å². The number of halogens is 2. The number of hydrogen-bond donors (Lipinski definition) is 1. The van der Waals surface area contributed by atoms with E-state index in [0.29, 0.717) is 5.25 Å². The summed E-state index contributed by atoms with van der Waals surface area (Å²) in [6.07, 6.45) is 7.44. The lowest BCUT2D eigenvalue weighted by Gasteiger charge is -2.14. The summed E-state index contributed by atoms with van der Waals surface area (Å²) in [4.78, 5) is 5.34. The highest BCUT2D eigenvalue weighted by Crippen LogP contribution is 2.36. The van der Waals surface area contributed by atoms with Crippen molar-refractivity contribution < 1.29 is 0 Å². The summed E-state index contributed by atoms with van der Waals surface area (Å²) in [5, 5.41) is 7.30. The lowest BCUT2D eigenvalue weighted by Crippen LogP contribution is -2.14. The second-order valence-electron chi connectivity index (χ2n) is 4.93. The van der Waals surface area contributed by atoms with Crippen LogP contribution in [0, 0.1) is 0 Å². The lowest BCUT2D eigenvalue weighted by molar-refractivity contribution is 0.703. The van der Waals surface area contributed by atoms with Crippen molar-refractivity contribution in [2.75, 3.05) is 13.1 Å². The van der Waals surface area contributed by atoms with Gasteiger partial charge >= 0.3 is 0 Å². The predicted molar refractivity (Wildman–Crippen MR) is 90.4 cm³/mol. The number of rotatable bonds is 2. The maximum atomic E-state index is 6.40. The summed E-state index contributed by atoms with van der Waals surface area (Å²) in [6, 6.07) is 6.27. The minimum Gasteiger partial charge on any atom is -0.317 e. The standard InChI is InChI=1S/C15H17ClN2S.ClH/c16-14-8-12-10-18-6-3-11(12)9-15(14)19-13-2-1-5-17-7-4-13;/h3,6,8-10,13,17H,1-2,4-5,7H2;1H. The Hall–Kier alpha value is -0.480. The van der Waals surface area contributed by atoms with Crippen molar-refractivity contribution in [3.8, 4) is 0 Å². The monoisotopic (exact) mass is 328 g/mol. The molecule has 0 spiro atoms. The molecule has 1 aliphatic heterocycles. The van der Waals surface area contributed by atoms with E-state index in [1.54, 1.807) is 0 Å². The van der Waals surface area contributed by atoms with Crippen LogP contribution in [0.25, 0.3) is 10.8 Å². The third-order valence-electron chi connectivity index (χ3n) is 3.51. The van der Waals surface area contributed by atoms with Crippen LogP contribution in [-0.4, -0.2) is 23.3 Å². The summed E-state index contributed by atoms with van der Waals surface area (Å²) in [5.41, 5.74) is 0. The largest absolute Gasteiger partial charge is 0.317 e. The molecule has 1 N–H and O–H groups in total. The normalized spacial score (nSPS) is 19.4. The van der Waals surface area contributed by atoms with E-state index < -0.39 is 0 Å². The van der Waals surface area contributed by atoms with Crippen LogP contribution in [-0.2, 0) is 0 Å². The first-order valence-corrected chi connectivity index (χ1v) is 7.99. The molecule has 1 atom stereocenters. The van der Waals surface area contributed by atoms with Gasteiger partial charge in [0.1, 0.15) is 0 Å². The van der Waals surface area contributed by atoms with Crippen molar-refractivity contribution in [3.05, 3.63) is 35.6 Å². The van der Waals surface area contributed by atoms with Gasteiger partial charge in [0.2, 0.25) is 0 Å². The first kappa shape index (κ1) is 15.9. The zero-order valence-corrected chi connectivity index (χ0v) is 13.5. The number of nitrogens with one attached hydrogen (secondary N) is 1. The van der Waals surface area contributed by atoms with Crippen molar-refractivity contribution in [1.82, 2.24) is 10.3 Å². The van der Waals surface area contributed by atoms with Crippen molar-refractivity contribution in [2.24, 2.45) is 0 Å². The summed E-state index contributed by atoms with van der Waals surface area (Å²) in [6.45, 7) is 2.26. The molecule has 0 amide bonds. The number of thioether (sulfide) groups is 1. The van der Waals surface area contributed by atoms with E-state index in [0.717, 1.165) is 23.5 Å². The van der Waals surface area contributed by atoms with Gasteiger partial charge in [0, 0.05) is 27.9 Å². The van der Waals surface area contributed by atoms with E-state index in [2.05, 4.69) is 16.4 Å². The van der Waals surface area contributed by atoms with Gasteiger partial charge in [-0.3, -0.25) is 4.98 Å². The Morgan fingerprint density at radius 1 is 1.20 bits per heavy atom. The zero-order chi connectivity index (χ0) is 13.1. The fourth-order valence-corrected chi connectivity index (χ4v) is 4.01. The first-order valence-electron chi connectivity index (χ1n) is 6.73. The van der Waals surface area contributed by atoms with Gasteiger partial charge in [0.25, 0.3) is 0 Å². The van der Waals surface area contributed by atoms with Crippen LogP contribution in [0.2, 0.25) is 5.02 Å². The van der Waals surface area contributed by atoms with E-state index in [4.69, 9.17) is 11.6 Å². The van der Waals surface area contributed by atoms with E-state index in [1.807, 2.05) is 36.3 Å². The Balaban J connectivity index is 0.00000147. The van der Waals surface area contributed by atoms with Crippen LogP contribution in [0.15, 0.2) is 35.5 Å². The summed E-state index contributed by atoms with van der Waals surface area (Å²) >= 11 is 8.33. The van der Waals surface area contributed by atoms with Gasteiger partial charge in [-0.1, -0.05) is 11.6 Å². The minimum atomic E-state index is 0. The molecule has 2 nitrogen and oxygen atoms in total. The smallest absolute Gasteiger partial charge is 0.0548 e. The first-order chi connectivity index (χ1) is 9.33. The van der Waals surface area contributed by atoms with Gasteiger partial charge in [0.05, 0.1) is 5.02 Å². The van der Waals surface area contributed by atoms with Gasteiger partial charge in [-0.05, 0) is 55.9 Å². The fraction of sp³-hybridized carbons (Fsp3) is 0.400. The van der Waals surface area contributed by atoms with Crippen molar-refractivity contribution >= 4 is 46.5 Å². The molecule has 1 unspecified atom stereocenters. The molecule has 0 aliphatic carbocycles. The number of fused-ring (bicyclic) bond motifs is 1. The molecule has 1 saturated heterocycles. The van der Waals surface area contributed by atoms with E-state index >= 15 is 0 Å². The van der Waals surface area contributed by atoms with Gasteiger partial charge in [-0.2, -0.15) is 0 Å². The Morgan fingerprint density at radius 3 is 3.00 bits per heavy atom. The van der Waals surface area contributed by atoms with Crippen LogP contribution in [0.4, 0.5) is 0 Å². The number of pyridine rings is 1. The second kappa shape index (κ2) is 7.51. The number of aromatic nitrogens is 1. The molecule has 0 bridgehead atoms. The Labute approximate surface area is 135 Å². The fourth-order valence-electron chi connectivity index (χ4n) is 2.46. The SMILES string of the molecule is Cl.Clc1cc2cnccc2cc1SC1CCCNCC1. The molecule has 0 saturated carbocycles.